The average Bonchev–Trinajstić information content (AvgIpc) is 2.88. The highest BCUT2D eigenvalue weighted by atomic mass is 32.2. The largest absolute Gasteiger partial charge is 0.490 e. The lowest BCUT2D eigenvalue weighted by atomic mass is 10.0. The predicted octanol–water partition coefficient (Wildman–Crippen LogP) is 7.61. The van der Waals surface area contributed by atoms with Crippen LogP contribution >= 0.6 is 72.3 Å². The van der Waals surface area contributed by atoms with Gasteiger partial charge in [0.05, 0.1) is 13.2 Å². The van der Waals surface area contributed by atoms with E-state index in [-0.39, 0.29) is 0 Å². The molecule has 0 N–H and O–H groups in total. The second-order valence-electron chi connectivity index (χ2n) is 7.71. The quantitative estimate of drug-likeness (QED) is 0.108. The van der Waals surface area contributed by atoms with Gasteiger partial charge in [0, 0.05) is 46.5 Å². The van der Waals surface area contributed by atoms with E-state index >= 15 is 0 Å². The molecule has 0 spiro atoms. The molecule has 0 aliphatic heterocycles. The first-order valence-corrected chi connectivity index (χ1v) is 18.2. The number of rotatable bonds is 22. The molecule has 196 valence electrons. The zero-order valence-corrected chi connectivity index (χ0v) is 25.6. The Balaban J connectivity index is 1.82. The summed E-state index contributed by atoms with van der Waals surface area (Å²) in [5.41, 5.74) is 2.48. The van der Waals surface area contributed by atoms with Gasteiger partial charge in [-0.05, 0) is 47.5 Å². The molecule has 0 heterocycles. The highest BCUT2D eigenvalue weighted by molar-refractivity contribution is 8.03. The van der Waals surface area contributed by atoms with Gasteiger partial charge >= 0.3 is 0 Å². The Morgan fingerprint density at radius 3 is 1.74 bits per heavy atom. The fourth-order valence-electron chi connectivity index (χ4n) is 3.25. The molecule has 0 saturated heterocycles. The van der Waals surface area contributed by atoms with Crippen molar-refractivity contribution in [2.24, 2.45) is 0 Å². The van der Waals surface area contributed by atoms with Crippen molar-refractivity contribution in [3.05, 3.63) is 59.7 Å². The van der Waals surface area contributed by atoms with Crippen molar-refractivity contribution in [3.63, 3.8) is 0 Å². The zero-order valence-electron chi connectivity index (χ0n) is 20.6. The summed E-state index contributed by atoms with van der Waals surface area (Å²) in [7, 11) is 0. The third-order valence-electron chi connectivity index (χ3n) is 4.88. The van der Waals surface area contributed by atoms with E-state index < -0.39 is 0 Å². The Hall–Kier alpha value is 0.140. The molecular formula is C27H40O2S6. The van der Waals surface area contributed by atoms with Gasteiger partial charge in [0.1, 0.15) is 0 Å². The summed E-state index contributed by atoms with van der Waals surface area (Å²) in [6.45, 7) is 1.44. The maximum atomic E-state index is 6.35. The fraction of sp³-hybridized carbons (Fsp3) is 0.556. The maximum absolute atomic E-state index is 6.35. The van der Waals surface area contributed by atoms with E-state index in [0.717, 1.165) is 78.5 Å². The summed E-state index contributed by atoms with van der Waals surface area (Å²) in [5, 5.41) is 0. The first-order valence-electron chi connectivity index (χ1n) is 12.3. The van der Waals surface area contributed by atoms with Crippen LogP contribution in [0.15, 0.2) is 48.5 Å². The van der Waals surface area contributed by atoms with Crippen LogP contribution in [-0.2, 0) is 6.42 Å². The lowest BCUT2D eigenvalue weighted by Gasteiger charge is -2.17. The van der Waals surface area contributed by atoms with Crippen LogP contribution in [0.25, 0.3) is 0 Å². The standard InChI is InChI=1S/C27H40O2S6/c30-13-17-34-21-19-32-15-5-11-28-26-10-4-9-25(23-24-7-2-1-3-8-24)27(26)29-12-6-16-33-20-22-35-18-14-31/h1-4,7-10,30-31H,5-6,11-23H2. The van der Waals surface area contributed by atoms with E-state index in [0.29, 0.717) is 0 Å². The Morgan fingerprint density at radius 2 is 1.14 bits per heavy atom. The Morgan fingerprint density at radius 1 is 0.571 bits per heavy atom. The van der Waals surface area contributed by atoms with Crippen molar-refractivity contribution in [2.45, 2.75) is 19.3 Å². The van der Waals surface area contributed by atoms with Crippen molar-refractivity contribution in [1.29, 1.82) is 0 Å². The lowest BCUT2D eigenvalue weighted by molar-refractivity contribution is 0.267. The molecule has 0 unspecified atom stereocenters. The first-order chi connectivity index (χ1) is 17.3. The van der Waals surface area contributed by atoms with E-state index in [1.807, 2.05) is 47.0 Å². The van der Waals surface area contributed by atoms with Crippen LogP contribution in [0.1, 0.15) is 24.0 Å². The van der Waals surface area contributed by atoms with Crippen molar-refractivity contribution < 1.29 is 9.47 Å². The van der Waals surface area contributed by atoms with Crippen LogP contribution in [0.4, 0.5) is 0 Å². The molecule has 0 amide bonds. The van der Waals surface area contributed by atoms with Gasteiger partial charge in [0.15, 0.2) is 11.5 Å². The molecule has 8 heteroatoms. The van der Waals surface area contributed by atoms with Gasteiger partial charge in [-0.2, -0.15) is 72.3 Å². The van der Waals surface area contributed by atoms with Gasteiger partial charge in [0.25, 0.3) is 0 Å². The van der Waals surface area contributed by atoms with E-state index in [1.54, 1.807) is 0 Å². The number of para-hydroxylation sites is 1. The van der Waals surface area contributed by atoms with Crippen LogP contribution in [-0.4, -0.2) is 70.7 Å². The van der Waals surface area contributed by atoms with Crippen molar-refractivity contribution >= 4 is 72.3 Å². The molecule has 2 aromatic carbocycles. The average molecular weight is 589 g/mol. The Kier molecular flexibility index (Phi) is 19.8. The number of ether oxygens (including phenoxy) is 2. The van der Waals surface area contributed by atoms with Crippen LogP contribution in [0.5, 0.6) is 11.5 Å². The van der Waals surface area contributed by atoms with Gasteiger partial charge in [-0.3, -0.25) is 0 Å². The molecule has 35 heavy (non-hydrogen) atoms. The number of hydrogen-bond donors (Lipinski definition) is 2. The van der Waals surface area contributed by atoms with E-state index in [9.17, 15) is 0 Å². The molecule has 0 aliphatic carbocycles. The molecule has 0 aliphatic rings. The summed E-state index contributed by atoms with van der Waals surface area (Å²) in [5.74, 6) is 13.1. The highest BCUT2D eigenvalue weighted by Gasteiger charge is 2.12. The van der Waals surface area contributed by atoms with Crippen molar-refractivity contribution in [2.75, 3.05) is 70.7 Å². The predicted molar refractivity (Wildman–Crippen MR) is 173 cm³/mol. The van der Waals surface area contributed by atoms with Gasteiger partial charge in [-0.15, -0.1) is 0 Å². The fourth-order valence-corrected chi connectivity index (χ4v) is 7.62. The smallest absolute Gasteiger partial charge is 0.164 e. The maximum Gasteiger partial charge on any atom is 0.164 e. The second-order valence-corrected chi connectivity index (χ2v) is 13.5. The van der Waals surface area contributed by atoms with Crippen LogP contribution in [0, 0.1) is 0 Å². The third kappa shape index (κ3) is 15.2. The van der Waals surface area contributed by atoms with E-state index in [4.69, 9.17) is 9.47 Å². The number of thiol groups is 2. The summed E-state index contributed by atoms with van der Waals surface area (Å²) in [6, 6.07) is 16.9. The molecule has 0 saturated carbocycles. The SMILES string of the molecule is SCCSCCSCCCOc1cccc(Cc2ccccc2)c1OCCCSCCSCCS. The van der Waals surface area contributed by atoms with Crippen molar-refractivity contribution in [1.82, 2.24) is 0 Å². The third-order valence-corrected chi connectivity index (χ3v) is 10.6. The molecule has 0 bridgehead atoms. The summed E-state index contributed by atoms with van der Waals surface area (Å²) < 4.78 is 12.6. The number of thioether (sulfide) groups is 4. The summed E-state index contributed by atoms with van der Waals surface area (Å²) in [6.07, 6.45) is 2.94. The number of hydrogen-bond acceptors (Lipinski definition) is 8. The van der Waals surface area contributed by atoms with Gasteiger partial charge in [-0.1, -0.05) is 42.5 Å². The normalized spacial score (nSPS) is 11.0. The summed E-state index contributed by atoms with van der Waals surface area (Å²) in [4.78, 5) is 0. The molecule has 2 rings (SSSR count). The minimum Gasteiger partial charge on any atom is -0.490 e. The summed E-state index contributed by atoms with van der Waals surface area (Å²) >= 11 is 16.5. The second kappa shape index (κ2) is 22.2. The molecule has 0 fully saturated rings. The van der Waals surface area contributed by atoms with Crippen LogP contribution in [0.3, 0.4) is 0 Å². The molecule has 0 radical (unpaired) electrons. The first kappa shape index (κ1) is 31.4. The molecule has 2 nitrogen and oxygen atoms in total. The molecular weight excluding hydrogens is 549 g/mol. The van der Waals surface area contributed by atoms with Gasteiger partial charge < -0.3 is 9.47 Å². The van der Waals surface area contributed by atoms with Crippen molar-refractivity contribution in [3.8, 4) is 11.5 Å². The minimum atomic E-state index is 0.721. The monoisotopic (exact) mass is 588 g/mol. The molecule has 0 aromatic heterocycles. The Labute approximate surface area is 241 Å². The van der Waals surface area contributed by atoms with Crippen LogP contribution < -0.4 is 9.47 Å². The number of benzene rings is 2. The van der Waals surface area contributed by atoms with E-state index in [2.05, 4.69) is 73.8 Å². The van der Waals surface area contributed by atoms with Gasteiger partial charge in [-0.25, -0.2) is 0 Å². The zero-order chi connectivity index (χ0) is 24.8. The molecule has 0 atom stereocenters. The van der Waals surface area contributed by atoms with Gasteiger partial charge in [0.2, 0.25) is 0 Å². The van der Waals surface area contributed by atoms with E-state index in [1.165, 1.54) is 34.1 Å². The lowest BCUT2D eigenvalue weighted by Crippen LogP contribution is -2.07. The molecule has 2 aromatic rings. The Bertz CT molecular complexity index is 763. The topological polar surface area (TPSA) is 18.5 Å². The van der Waals surface area contributed by atoms with Crippen LogP contribution in [0.2, 0.25) is 0 Å². The minimum absolute atomic E-state index is 0.721. The highest BCUT2D eigenvalue weighted by Crippen LogP contribution is 2.33.